The first-order valence-electron chi connectivity index (χ1n) is 3.28. The first kappa shape index (κ1) is 7.66. The molecule has 0 saturated carbocycles. The van der Waals surface area contributed by atoms with E-state index >= 15 is 0 Å². The van der Waals surface area contributed by atoms with E-state index < -0.39 is 0 Å². The molecular formula is C9H10O2. The van der Waals surface area contributed by atoms with Gasteiger partial charge in [0.25, 0.3) is 0 Å². The third-order valence-electron chi connectivity index (χ3n) is 1.45. The van der Waals surface area contributed by atoms with Crippen molar-refractivity contribution in [1.82, 2.24) is 0 Å². The molecule has 2 heteroatoms. The lowest BCUT2D eigenvalue weighted by atomic mass is 10.2. The first-order chi connectivity index (χ1) is 5.29. The number of phenolic OH excluding ortho intramolecular Hbond substituents is 1. The van der Waals surface area contributed by atoms with Gasteiger partial charge in [-0.15, -0.1) is 0 Å². The normalized spacial score (nSPS) is 9.18. The quantitative estimate of drug-likeness (QED) is 0.699. The lowest BCUT2D eigenvalue weighted by Gasteiger charge is -2.05. The minimum Gasteiger partial charge on any atom is -0.504 e. The van der Waals surface area contributed by atoms with Crippen LogP contribution in [0.5, 0.6) is 11.5 Å². The van der Waals surface area contributed by atoms with Crippen LogP contribution in [0.25, 0.3) is 6.08 Å². The average Bonchev–Trinajstić information content (AvgIpc) is 2.04. The molecule has 0 aliphatic heterocycles. The van der Waals surface area contributed by atoms with E-state index in [1.54, 1.807) is 18.2 Å². The molecule has 0 heterocycles. The molecule has 1 rings (SSSR count). The van der Waals surface area contributed by atoms with Gasteiger partial charge in [-0.3, -0.25) is 0 Å². The maximum Gasteiger partial charge on any atom is 0.167 e. The highest BCUT2D eigenvalue weighted by Crippen LogP contribution is 2.29. The minimum atomic E-state index is 0.143. The van der Waals surface area contributed by atoms with Crippen molar-refractivity contribution in [1.29, 1.82) is 0 Å². The van der Waals surface area contributed by atoms with Gasteiger partial charge in [0.05, 0.1) is 7.11 Å². The summed E-state index contributed by atoms with van der Waals surface area (Å²) in [6, 6.07) is 5.15. The van der Waals surface area contributed by atoms with Gasteiger partial charge in [0.1, 0.15) is 0 Å². The number of hydrogen-bond donors (Lipinski definition) is 1. The van der Waals surface area contributed by atoms with Gasteiger partial charge in [-0.1, -0.05) is 24.8 Å². The third-order valence-corrected chi connectivity index (χ3v) is 1.45. The predicted molar refractivity (Wildman–Crippen MR) is 44.7 cm³/mol. The molecule has 0 saturated heterocycles. The molecule has 0 amide bonds. The van der Waals surface area contributed by atoms with Crippen molar-refractivity contribution >= 4 is 6.08 Å². The van der Waals surface area contributed by atoms with Crippen LogP contribution in [0, 0.1) is 0 Å². The highest BCUT2D eigenvalue weighted by molar-refractivity contribution is 5.60. The summed E-state index contributed by atoms with van der Waals surface area (Å²) in [5.74, 6) is 0.618. The summed E-state index contributed by atoms with van der Waals surface area (Å²) in [5.41, 5.74) is 0.799. The number of para-hydroxylation sites is 1. The molecule has 0 fully saturated rings. The van der Waals surface area contributed by atoms with Gasteiger partial charge >= 0.3 is 0 Å². The maximum absolute atomic E-state index is 9.25. The van der Waals surface area contributed by atoms with E-state index in [0.717, 1.165) is 5.56 Å². The van der Waals surface area contributed by atoms with Crippen molar-refractivity contribution in [2.75, 3.05) is 7.11 Å². The van der Waals surface area contributed by atoms with Crippen LogP contribution in [0.15, 0.2) is 24.8 Å². The van der Waals surface area contributed by atoms with Crippen molar-refractivity contribution < 1.29 is 9.84 Å². The number of methoxy groups -OCH3 is 1. The van der Waals surface area contributed by atoms with Crippen LogP contribution < -0.4 is 4.74 Å². The summed E-state index contributed by atoms with van der Waals surface area (Å²) in [7, 11) is 1.52. The van der Waals surface area contributed by atoms with E-state index in [-0.39, 0.29) is 5.75 Å². The van der Waals surface area contributed by atoms with E-state index in [0.29, 0.717) is 5.75 Å². The van der Waals surface area contributed by atoms with E-state index in [1.165, 1.54) is 7.11 Å². The number of hydrogen-bond acceptors (Lipinski definition) is 2. The molecule has 0 radical (unpaired) electrons. The van der Waals surface area contributed by atoms with E-state index in [4.69, 9.17) is 4.74 Å². The SMILES string of the molecule is C=Cc1cccc(O)c1OC. The fourth-order valence-corrected chi connectivity index (χ4v) is 0.925. The zero-order chi connectivity index (χ0) is 8.27. The second-order valence-corrected chi connectivity index (χ2v) is 2.10. The van der Waals surface area contributed by atoms with Crippen molar-refractivity contribution in [3.8, 4) is 11.5 Å². The van der Waals surface area contributed by atoms with Crippen molar-refractivity contribution in [3.63, 3.8) is 0 Å². The summed E-state index contributed by atoms with van der Waals surface area (Å²) in [5, 5.41) is 9.25. The predicted octanol–water partition coefficient (Wildman–Crippen LogP) is 2.04. The first-order valence-corrected chi connectivity index (χ1v) is 3.28. The zero-order valence-corrected chi connectivity index (χ0v) is 6.37. The smallest absolute Gasteiger partial charge is 0.167 e. The fourth-order valence-electron chi connectivity index (χ4n) is 0.925. The Bertz CT molecular complexity index is 266. The molecule has 11 heavy (non-hydrogen) atoms. The van der Waals surface area contributed by atoms with Crippen LogP contribution in [0.4, 0.5) is 0 Å². The van der Waals surface area contributed by atoms with Crippen LogP contribution in [-0.4, -0.2) is 12.2 Å². The molecule has 0 aliphatic rings. The van der Waals surface area contributed by atoms with E-state index in [1.807, 2.05) is 6.07 Å². The molecule has 0 unspecified atom stereocenters. The largest absolute Gasteiger partial charge is 0.504 e. The van der Waals surface area contributed by atoms with Crippen LogP contribution in [-0.2, 0) is 0 Å². The molecule has 0 bridgehead atoms. The van der Waals surface area contributed by atoms with Crippen molar-refractivity contribution in [2.45, 2.75) is 0 Å². The van der Waals surface area contributed by atoms with Gasteiger partial charge in [-0.05, 0) is 6.07 Å². The molecule has 0 aliphatic carbocycles. The lowest BCUT2D eigenvalue weighted by molar-refractivity contribution is 0.372. The molecule has 2 nitrogen and oxygen atoms in total. The molecule has 1 aromatic rings. The fraction of sp³-hybridized carbons (Fsp3) is 0.111. The third kappa shape index (κ3) is 1.34. The number of ether oxygens (including phenoxy) is 1. The number of rotatable bonds is 2. The second-order valence-electron chi connectivity index (χ2n) is 2.10. The number of phenols is 1. The highest BCUT2D eigenvalue weighted by Gasteiger charge is 2.02. The van der Waals surface area contributed by atoms with Crippen molar-refractivity contribution in [3.05, 3.63) is 30.3 Å². The maximum atomic E-state index is 9.25. The summed E-state index contributed by atoms with van der Waals surface area (Å²) in [6.45, 7) is 3.59. The number of benzene rings is 1. The van der Waals surface area contributed by atoms with Gasteiger partial charge in [0, 0.05) is 5.56 Å². The van der Waals surface area contributed by atoms with Crippen LogP contribution in [0.2, 0.25) is 0 Å². The molecular weight excluding hydrogens is 140 g/mol. The molecule has 1 aromatic carbocycles. The zero-order valence-electron chi connectivity index (χ0n) is 6.37. The molecule has 0 aromatic heterocycles. The molecule has 58 valence electrons. The van der Waals surface area contributed by atoms with Gasteiger partial charge in [-0.25, -0.2) is 0 Å². The van der Waals surface area contributed by atoms with E-state index in [2.05, 4.69) is 6.58 Å². The van der Waals surface area contributed by atoms with Gasteiger partial charge in [0.15, 0.2) is 11.5 Å². The topological polar surface area (TPSA) is 29.5 Å². The Labute approximate surface area is 65.7 Å². The minimum absolute atomic E-state index is 0.143. The van der Waals surface area contributed by atoms with E-state index in [9.17, 15) is 5.11 Å². The summed E-state index contributed by atoms with van der Waals surface area (Å²) in [6.07, 6.45) is 1.64. The molecule has 0 atom stereocenters. The summed E-state index contributed by atoms with van der Waals surface area (Å²) in [4.78, 5) is 0. The Kier molecular flexibility index (Phi) is 2.16. The van der Waals surface area contributed by atoms with Crippen LogP contribution in [0.1, 0.15) is 5.56 Å². The molecule has 1 N–H and O–H groups in total. The molecule has 0 spiro atoms. The Morgan fingerprint density at radius 2 is 2.27 bits per heavy atom. The Balaban J connectivity index is 3.23. The van der Waals surface area contributed by atoms with Crippen LogP contribution >= 0.6 is 0 Å². The van der Waals surface area contributed by atoms with Gasteiger partial charge in [-0.2, -0.15) is 0 Å². The number of aromatic hydroxyl groups is 1. The van der Waals surface area contributed by atoms with Crippen molar-refractivity contribution in [2.24, 2.45) is 0 Å². The van der Waals surface area contributed by atoms with Crippen LogP contribution in [0.3, 0.4) is 0 Å². The highest BCUT2D eigenvalue weighted by atomic mass is 16.5. The standard InChI is InChI=1S/C9H10O2/c1-3-7-5-4-6-8(10)9(7)11-2/h3-6,10H,1H2,2H3. The van der Waals surface area contributed by atoms with Gasteiger partial charge in [0.2, 0.25) is 0 Å². The Morgan fingerprint density at radius 3 is 2.73 bits per heavy atom. The van der Waals surface area contributed by atoms with Gasteiger partial charge < -0.3 is 9.84 Å². The summed E-state index contributed by atoms with van der Waals surface area (Å²) >= 11 is 0. The second kappa shape index (κ2) is 3.10. The Hall–Kier alpha value is -1.44. The average molecular weight is 150 g/mol. The lowest BCUT2D eigenvalue weighted by Crippen LogP contribution is -1.86. The summed E-state index contributed by atoms with van der Waals surface area (Å²) < 4.78 is 4.95. The monoisotopic (exact) mass is 150 g/mol. The Morgan fingerprint density at radius 1 is 1.55 bits per heavy atom.